The predicted molar refractivity (Wildman–Crippen MR) is 126 cm³/mol. The Morgan fingerprint density at radius 1 is 0.912 bits per heavy atom. The van der Waals surface area contributed by atoms with Crippen LogP contribution in [0, 0.1) is 23.7 Å². The summed E-state index contributed by atoms with van der Waals surface area (Å²) in [7, 11) is 0. The molecule has 0 aromatic heterocycles. The first-order chi connectivity index (χ1) is 16.3. The molecule has 0 spiro atoms. The molecular weight excluding hydrogens is 456 g/mol. The van der Waals surface area contributed by atoms with Crippen molar-refractivity contribution in [1.29, 1.82) is 0 Å². The highest BCUT2D eigenvalue weighted by Crippen LogP contribution is 2.42. The second-order valence-electron chi connectivity index (χ2n) is 9.44. The number of rotatable bonds is 4. The lowest BCUT2D eigenvalue weighted by Gasteiger charge is -2.25. The SMILES string of the molecule is C[C@@H]1CC[C@@H]2C(=O)N(c3ccc(OC(=O)[C@H]4CC(=O)N(c5ccc(Cl)cc5)C4)cc3)C(=O)[C@H]2C1. The predicted octanol–water partition coefficient (Wildman–Crippen LogP) is 4.22. The van der Waals surface area contributed by atoms with E-state index in [1.165, 1.54) is 4.90 Å². The normalized spacial score (nSPS) is 26.7. The van der Waals surface area contributed by atoms with Gasteiger partial charge in [0, 0.05) is 23.7 Å². The van der Waals surface area contributed by atoms with E-state index in [-0.39, 0.29) is 42.5 Å². The van der Waals surface area contributed by atoms with Crippen molar-refractivity contribution in [3.63, 3.8) is 0 Å². The second kappa shape index (κ2) is 8.87. The van der Waals surface area contributed by atoms with Gasteiger partial charge < -0.3 is 9.64 Å². The van der Waals surface area contributed by atoms with Gasteiger partial charge in [0.1, 0.15) is 5.75 Å². The Labute approximate surface area is 202 Å². The minimum atomic E-state index is -0.588. The number of anilines is 2. The number of nitrogens with zero attached hydrogens (tertiary/aromatic N) is 2. The summed E-state index contributed by atoms with van der Waals surface area (Å²) >= 11 is 5.91. The molecule has 34 heavy (non-hydrogen) atoms. The third kappa shape index (κ3) is 4.09. The van der Waals surface area contributed by atoms with Crippen LogP contribution >= 0.6 is 11.6 Å². The van der Waals surface area contributed by atoms with E-state index < -0.39 is 11.9 Å². The van der Waals surface area contributed by atoms with Gasteiger partial charge in [0.05, 0.1) is 23.4 Å². The Balaban J connectivity index is 1.24. The lowest BCUT2D eigenvalue weighted by Crippen LogP contribution is -2.30. The molecule has 0 unspecified atom stereocenters. The van der Waals surface area contributed by atoms with E-state index in [0.717, 1.165) is 19.3 Å². The molecule has 2 heterocycles. The first-order valence-electron chi connectivity index (χ1n) is 11.6. The van der Waals surface area contributed by atoms with E-state index in [2.05, 4.69) is 6.92 Å². The molecule has 3 fully saturated rings. The zero-order valence-corrected chi connectivity index (χ0v) is 19.5. The van der Waals surface area contributed by atoms with Crippen molar-refractivity contribution < 1.29 is 23.9 Å². The van der Waals surface area contributed by atoms with Crippen molar-refractivity contribution in [3.05, 3.63) is 53.6 Å². The van der Waals surface area contributed by atoms with Gasteiger partial charge in [0.15, 0.2) is 0 Å². The molecule has 5 rings (SSSR count). The fraction of sp³-hybridized carbons (Fsp3) is 0.385. The fourth-order valence-electron chi connectivity index (χ4n) is 5.24. The van der Waals surface area contributed by atoms with Crippen molar-refractivity contribution in [2.75, 3.05) is 16.3 Å². The maximum atomic E-state index is 12.9. The van der Waals surface area contributed by atoms with E-state index in [9.17, 15) is 19.2 Å². The molecule has 8 heteroatoms. The van der Waals surface area contributed by atoms with Crippen molar-refractivity contribution in [3.8, 4) is 5.75 Å². The summed E-state index contributed by atoms with van der Waals surface area (Å²) in [5.74, 6) is -1.24. The quantitative estimate of drug-likeness (QED) is 0.371. The number of halogens is 1. The molecule has 176 valence electrons. The minimum Gasteiger partial charge on any atom is -0.426 e. The molecule has 2 saturated heterocycles. The molecule has 3 aliphatic rings. The number of carbonyl (C=O) groups excluding carboxylic acids is 4. The molecular formula is C26H25ClN2O5. The van der Waals surface area contributed by atoms with Gasteiger partial charge in [-0.1, -0.05) is 18.5 Å². The first kappa shape index (κ1) is 22.6. The van der Waals surface area contributed by atoms with E-state index in [1.807, 2.05) is 0 Å². The van der Waals surface area contributed by atoms with Gasteiger partial charge in [-0.2, -0.15) is 0 Å². The Morgan fingerprint density at radius 3 is 2.26 bits per heavy atom. The summed E-state index contributed by atoms with van der Waals surface area (Å²) in [5, 5.41) is 0.570. The zero-order valence-electron chi connectivity index (χ0n) is 18.8. The second-order valence-corrected chi connectivity index (χ2v) is 9.88. The number of benzene rings is 2. The van der Waals surface area contributed by atoms with Crippen LogP contribution in [0.5, 0.6) is 5.75 Å². The molecule has 4 atom stereocenters. The van der Waals surface area contributed by atoms with Gasteiger partial charge in [-0.25, -0.2) is 0 Å². The number of hydrogen-bond acceptors (Lipinski definition) is 5. The molecule has 1 aliphatic carbocycles. The lowest BCUT2D eigenvalue weighted by atomic mass is 9.76. The van der Waals surface area contributed by atoms with Gasteiger partial charge in [-0.15, -0.1) is 0 Å². The average molecular weight is 481 g/mol. The fourth-order valence-corrected chi connectivity index (χ4v) is 5.37. The molecule has 2 aromatic carbocycles. The summed E-state index contributed by atoms with van der Waals surface area (Å²) in [6, 6.07) is 13.3. The molecule has 3 amide bonds. The van der Waals surface area contributed by atoms with Crippen LogP contribution < -0.4 is 14.5 Å². The molecule has 7 nitrogen and oxygen atoms in total. The smallest absolute Gasteiger partial charge is 0.316 e. The van der Waals surface area contributed by atoms with E-state index in [4.69, 9.17) is 16.3 Å². The maximum Gasteiger partial charge on any atom is 0.316 e. The number of imide groups is 1. The lowest BCUT2D eigenvalue weighted by molar-refractivity contribution is -0.139. The third-order valence-electron chi connectivity index (χ3n) is 7.10. The highest BCUT2D eigenvalue weighted by atomic mass is 35.5. The van der Waals surface area contributed by atoms with Crippen LogP contribution in [-0.2, 0) is 19.2 Å². The van der Waals surface area contributed by atoms with Gasteiger partial charge in [-0.05, 0) is 73.7 Å². The zero-order chi connectivity index (χ0) is 24.0. The number of ether oxygens (including phenoxy) is 1. The largest absolute Gasteiger partial charge is 0.426 e. The van der Waals surface area contributed by atoms with Gasteiger partial charge in [-0.3, -0.25) is 24.1 Å². The van der Waals surface area contributed by atoms with Crippen LogP contribution in [-0.4, -0.2) is 30.2 Å². The van der Waals surface area contributed by atoms with Gasteiger partial charge in [0.2, 0.25) is 17.7 Å². The summed E-state index contributed by atoms with van der Waals surface area (Å²) in [5.41, 5.74) is 1.17. The van der Waals surface area contributed by atoms with E-state index in [1.54, 1.807) is 53.4 Å². The van der Waals surface area contributed by atoms with Gasteiger partial charge in [0.25, 0.3) is 0 Å². The van der Waals surface area contributed by atoms with Crippen LogP contribution in [0.15, 0.2) is 48.5 Å². The number of carbonyl (C=O) groups is 4. The van der Waals surface area contributed by atoms with Crippen LogP contribution in [0.2, 0.25) is 5.02 Å². The topological polar surface area (TPSA) is 84.0 Å². The Hall–Kier alpha value is -3.19. The summed E-state index contributed by atoms with van der Waals surface area (Å²) in [4.78, 5) is 53.7. The number of amides is 3. The average Bonchev–Trinajstić information content (AvgIpc) is 3.32. The molecule has 2 aromatic rings. The van der Waals surface area contributed by atoms with E-state index in [0.29, 0.717) is 28.1 Å². The number of hydrogen-bond donors (Lipinski definition) is 0. The van der Waals surface area contributed by atoms with Crippen LogP contribution in [0.3, 0.4) is 0 Å². The highest BCUT2D eigenvalue weighted by molar-refractivity contribution is 6.30. The number of esters is 1. The summed E-state index contributed by atoms with van der Waals surface area (Å²) < 4.78 is 5.50. The van der Waals surface area contributed by atoms with Crippen LogP contribution in [0.1, 0.15) is 32.6 Å². The third-order valence-corrected chi connectivity index (χ3v) is 7.35. The van der Waals surface area contributed by atoms with Gasteiger partial charge >= 0.3 is 5.97 Å². The molecule has 0 radical (unpaired) electrons. The summed E-state index contributed by atoms with van der Waals surface area (Å²) in [6.07, 6.45) is 2.52. The monoisotopic (exact) mass is 480 g/mol. The first-order valence-corrected chi connectivity index (χ1v) is 11.9. The number of fused-ring (bicyclic) bond motifs is 1. The molecule has 1 saturated carbocycles. The van der Waals surface area contributed by atoms with Crippen molar-refractivity contribution in [2.24, 2.45) is 23.7 Å². The van der Waals surface area contributed by atoms with Crippen LogP contribution in [0.25, 0.3) is 0 Å². The molecule has 0 N–H and O–H groups in total. The molecule has 0 bridgehead atoms. The van der Waals surface area contributed by atoms with E-state index >= 15 is 0 Å². The minimum absolute atomic E-state index is 0.0670. The Kier molecular flexibility index (Phi) is 5.90. The van der Waals surface area contributed by atoms with Crippen LogP contribution in [0.4, 0.5) is 11.4 Å². The Bertz CT molecular complexity index is 1150. The standard InChI is InChI=1S/C26H25ClN2O5/c1-15-2-11-21-22(12-15)25(32)29(24(21)31)19-7-9-20(10-8-19)34-26(33)16-13-23(30)28(14-16)18-5-3-17(27)4-6-18/h3-10,15-16,21-22H,2,11-14H2,1H3/t15-,16+,21+,22+/m1/s1. The Morgan fingerprint density at radius 2 is 1.56 bits per heavy atom. The maximum absolute atomic E-state index is 12.9. The van der Waals surface area contributed by atoms with Crippen molar-refractivity contribution in [1.82, 2.24) is 0 Å². The molecule has 2 aliphatic heterocycles. The highest BCUT2D eigenvalue weighted by Gasteiger charge is 2.50. The van der Waals surface area contributed by atoms with Crippen molar-refractivity contribution in [2.45, 2.75) is 32.6 Å². The summed E-state index contributed by atoms with van der Waals surface area (Å²) in [6.45, 7) is 2.35. The van der Waals surface area contributed by atoms with Crippen molar-refractivity contribution >= 4 is 46.7 Å².